The Morgan fingerprint density at radius 3 is 2.67 bits per heavy atom. The number of amidine groups is 2. The molecule has 0 saturated carbocycles. The van der Waals surface area contributed by atoms with Gasteiger partial charge in [0.1, 0.15) is 5.60 Å². The summed E-state index contributed by atoms with van der Waals surface area (Å²) in [4.78, 5) is 8.30. The van der Waals surface area contributed by atoms with Crippen LogP contribution in [0.4, 0.5) is 0 Å². The topological polar surface area (TPSA) is 75.3 Å². The van der Waals surface area contributed by atoms with E-state index in [0.717, 1.165) is 0 Å². The summed E-state index contributed by atoms with van der Waals surface area (Å²) in [6.07, 6.45) is 5.31. The van der Waals surface area contributed by atoms with E-state index >= 15 is 0 Å². The zero-order valence-corrected chi connectivity index (χ0v) is 10.9. The van der Waals surface area contributed by atoms with Crippen LogP contribution in [0, 0.1) is 12.3 Å². The van der Waals surface area contributed by atoms with Gasteiger partial charge in [0, 0.05) is 5.10 Å². The molecule has 0 aromatic rings. The van der Waals surface area contributed by atoms with Crippen LogP contribution in [0.15, 0.2) is 15.1 Å². The molecule has 2 rings (SSSR count). The highest BCUT2D eigenvalue weighted by molar-refractivity contribution is 6.49. The lowest BCUT2D eigenvalue weighted by Crippen LogP contribution is -2.42. The van der Waals surface area contributed by atoms with Crippen LogP contribution in [0.25, 0.3) is 0 Å². The standard InChI is InChI=1S/C12H16N5O/c1-6-7-14-9-8(10(13)15-7)16-17(5)11(9)18-12(2,3)4/h1,9H,2-5H3,(H2,13,14,15)/q+1. The van der Waals surface area contributed by atoms with Gasteiger partial charge in [-0.15, -0.1) is 6.42 Å². The molecule has 2 aliphatic heterocycles. The van der Waals surface area contributed by atoms with E-state index in [2.05, 4.69) is 21.0 Å². The summed E-state index contributed by atoms with van der Waals surface area (Å²) in [5.41, 5.74) is 6.06. The number of hydrogen-bond donors (Lipinski definition) is 1. The van der Waals surface area contributed by atoms with E-state index in [1.165, 1.54) is 0 Å². The molecule has 94 valence electrons. The van der Waals surface area contributed by atoms with Crippen LogP contribution in [0.5, 0.6) is 0 Å². The first-order chi connectivity index (χ1) is 8.31. The molecule has 0 aromatic carbocycles. The summed E-state index contributed by atoms with van der Waals surface area (Å²) in [6, 6.07) is -0.391. The molecule has 1 atom stereocenters. The number of aliphatic imine (C=N–C) groups is 2. The molecule has 6 heteroatoms. The van der Waals surface area contributed by atoms with E-state index in [1.807, 2.05) is 20.8 Å². The minimum atomic E-state index is -0.391. The first kappa shape index (κ1) is 12.3. The lowest BCUT2D eigenvalue weighted by Gasteiger charge is -2.20. The van der Waals surface area contributed by atoms with E-state index in [9.17, 15) is 0 Å². The van der Waals surface area contributed by atoms with Crippen molar-refractivity contribution in [3.8, 4) is 12.3 Å². The Labute approximate surface area is 106 Å². The first-order valence-electron chi connectivity index (χ1n) is 5.59. The number of terminal acetylenes is 1. The fraction of sp³-hybridized carbons (Fsp3) is 0.500. The van der Waals surface area contributed by atoms with Crippen LogP contribution >= 0.6 is 0 Å². The molecule has 6 nitrogen and oxygen atoms in total. The van der Waals surface area contributed by atoms with Crippen molar-refractivity contribution in [2.75, 3.05) is 7.05 Å². The summed E-state index contributed by atoms with van der Waals surface area (Å²) in [5, 5.41) is 4.28. The average molecular weight is 246 g/mol. The molecule has 18 heavy (non-hydrogen) atoms. The minimum Gasteiger partial charge on any atom is -0.438 e. The molecule has 0 bridgehead atoms. The third-order valence-electron chi connectivity index (χ3n) is 2.35. The van der Waals surface area contributed by atoms with E-state index in [1.54, 1.807) is 11.7 Å². The Hall–Kier alpha value is -2.16. The maximum atomic E-state index is 5.86. The van der Waals surface area contributed by atoms with Gasteiger partial charge < -0.3 is 10.5 Å². The Balaban J connectivity index is 2.39. The average Bonchev–Trinajstić information content (AvgIpc) is 2.55. The maximum Gasteiger partial charge on any atom is 0.399 e. The van der Waals surface area contributed by atoms with Crippen molar-refractivity contribution in [3.63, 3.8) is 0 Å². The van der Waals surface area contributed by atoms with Crippen LogP contribution in [0.2, 0.25) is 0 Å². The molecular formula is C12H16N5O+. The summed E-state index contributed by atoms with van der Waals surface area (Å²) < 4.78 is 7.48. The van der Waals surface area contributed by atoms with Crippen LogP contribution in [-0.2, 0) is 4.74 Å². The van der Waals surface area contributed by atoms with Gasteiger partial charge >= 0.3 is 5.90 Å². The Morgan fingerprint density at radius 1 is 1.44 bits per heavy atom. The third-order valence-corrected chi connectivity index (χ3v) is 2.35. The number of fused-ring (bicyclic) bond motifs is 1. The van der Waals surface area contributed by atoms with Crippen LogP contribution in [-0.4, -0.2) is 46.7 Å². The van der Waals surface area contributed by atoms with Gasteiger partial charge in [-0.25, -0.2) is 9.98 Å². The number of ether oxygens (including phenoxy) is 1. The number of hydrogen-bond acceptors (Lipinski definition) is 5. The number of hydrazone groups is 1. The molecule has 0 aliphatic carbocycles. The molecule has 0 spiro atoms. The molecule has 2 N–H and O–H groups in total. The highest BCUT2D eigenvalue weighted by Gasteiger charge is 2.44. The van der Waals surface area contributed by atoms with E-state index in [-0.39, 0.29) is 11.4 Å². The Kier molecular flexibility index (Phi) is 2.70. The van der Waals surface area contributed by atoms with Gasteiger partial charge in [-0.05, 0) is 26.7 Å². The Morgan fingerprint density at radius 2 is 2.11 bits per heavy atom. The normalized spacial score (nSPS) is 22.8. The van der Waals surface area contributed by atoms with Crippen LogP contribution in [0.1, 0.15) is 20.8 Å². The SMILES string of the molecule is C#CC1=NC2C(=N[N+](C)=C2OC(C)(C)C)C(N)=N1. The molecule has 0 fully saturated rings. The molecule has 0 saturated heterocycles. The van der Waals surface area contributed by atoms with Crippen molar-refractivity contribution in [3.05, 3.63) is 0 Å². The largest absolute Gasteiger partial charge is 0.438 e. The lowest BCUT2D eigenvalue weighted by atomic mass is 10.1. The highest BCUT2D eigenvalue weighted by Crippen LogP contribution is 2.18. The van der Waals surface area contributed by atoms with Gasteiger partial charge in [0.25, 0.3) is 0 Å². The van der Waals surface area contributed by atoms with E-state index < -0.39 is 6.04 Å². The smallest absolute Gasteiger partial charge is 0.399 e. The fourth-order valence-corrected chi connectivity index (χ4v) is 1.69. The first-order valence-corrected chi connectivity index (χ1v) is 5.59. The monoisotopic (exact) mass is 246 g/mol. The van der Waals surface area contributed by atoms with Crippen molar-refractivity contribution < 1.29 is 9.42 Å². The fourth-order valence-electron chi connectivity index (χ4n) is 1.69. The van der Waals surface area contributed by atoms with Crippen molar-refractivity contribution in [1.82, 2.24) is 0 Å². The number of nitrogens with zero attached hydrogens (tertiary/aromatic N) is 4. The zero-order chi connectivity index (χ0) is 13.5. The van der Waals surface area contributed by atoms with Crippen molar-refractivity contribution in [2.24, 2.45) is 20.8 Å². The maximum absolute atomic E-state index is 5.86. The van der Waals surface area contributed by atoms with Gasteiger partial charge in [-0.3, -0.25) is 0 Å². The number of rotatable bonds is 0. The van der Waals surface area contributed by atoms with Gasteiger partial charge in [0.05, 0.1) is 0 Å². The molecule has 1 unspecified atom stereocenters. The van der Waals surface area contributed by atoms with Gasteiger partial charge in [-0.2, -0.15) is 0 Å². The van der Waals surface area contributed by atoms with Gasteiger partial charge in [-0.1, -0.05) is 4.68 Å². The second-order valence-corrected chi connectivity index (χ2v) is 5.06. The summed E-state index contributed by atoms with van der Waals surface area (Å²) >= 11 is 0. The molecule has 0 amide bonds. The molecule has 0 aromatic heterocycles. The predicted octanol–water partition coefficient (Wildman–Crippen LogP) is -0.0170. The minimum absolute atomic E-state index is 0.266. The predicted molar refractivity (Wildman–Crippen MR) is 71.1 cm³/mol. The number of nitrogens with two attached hydrogens (primary N) is 1. The molecule has 0 radical (unpaired) electrons. The van der Waals surface area contributed by atoms with Crippen molar-refractivity contribution >= 4 is 23.3 Å². The Bertz CT molecular complexity index is 554. The van der Waals surface area contributed by atoms with Crippen molar-refractivity contribution in [1.29, 1.82) is 0 Å². The second-order valence-electron chi connectivity index (χ2n) is 5.06. The van der Waals surface area contributed by atoms with Crippen molar-refractivity contribution in [2.45, 2.75) is 32.4 Å². The second kappa shape index (κ2) is 3.95. The molecule has 2 heterocycles. The summed E-state index contributed by atoms with van der Waals surface area (Å²) in [6.45, 7) is 5.87. The summed E-state index contributed by atoms with van der Waals surface area (Å²) in [7, 11) is 1.78. The quantitative estimate of drug-likeness (QED) is 0.482. The summed E-state index contributed by atoms with van der Waals surface area (Å²) in [5.74, 6) is 3.56. The zero-order valence-electron chi connectivity index (χ0n) is 10.9. The highest BCUT2D eigenvalue weighted by atomic mass is 16.5. The lowest BCUT2D eigenvalue weighted by molar-refractivity contribution is -0.509. The van der Waals surface area contributed by atoms with E-state index in [4.69, 9.17) is 16.9 Å². The van der Waals surface area contributed by atoms with Gasteiger partial charge in [0.2, 0.25) is 11.9 Å². The van der Waals surface area contributed by atoms with Crippen LogP contribution < -0.4 is 5.73 Å². The third kappa shape index (κ3) is 2.12. The molecular weight excluding hydrogens is 230 g/mol. The molecule has 2 aliphatic rings. The van der Waals surface area contributed by atoms with Gasteiger partial charge in [0.15, 0.2) is 18.6 Å². The van der Waals surface area contributed by atoms with Crippen LogP contribution in [0.3, 0.4) is 0 Å². The van der Waals surface area contributed by atoms with E-state index in [0.29, 0.717) is 17.4 Å².